The van der Waals surface area contributed by atoms with Crippen LogP contribution in [-0.2, 0) is 11.3 Å². The Bertz CT molecular complexity index is 818. The van der Waals surface area contributed by atoms with Crippen molar-refractivity contribution in [1.82, 2.24) is 14.9 Å². The van der Waals surface area contributed by atoms with E-state index in [1.165, 1.54) is 5.56 Å². The van der Waals surface area contributed by atoms with Crippen molar-refractivity contribution < 1.29 is 9.90 Å². The number of carbonyl (C=O) groups excluding carboxylic acids is 1. The van der Waals surface area contributed by atoms with Gasteiger partial charge in [0.25, 0.3) is 0 Å². The highest BCUT2D eigenvalue weighted by molar-refractivity contribution is 5.82. The summed E-state index contributed by atoms with van der Waals surface area (Å²) in [6.45, 7) is 5.98. The third-order valence-electron chi connectivity index (χ3n) is 5.51. The molecule has 1 N–H and O–H groups in total. The zero-order chi connectivity index (χ0) is 19.5. The molecule has 2 aromatic rings. The molecular weight excluding hydrogens is 354 g/mol. The van der Waals surface area contributed by atoms with Crippen LogP contribution in [-0.4, -0.2) is 64.7 Å². The number of amides is 1. The Hall–Kier alpha value is -2.67. The number of piperazine rings is 1. The van der Waals surface area contributed by atoms with Crippen LogP contribution in [0.3, 0.4) is 0 Å². The lowest BCUT2D eigenvalue weighted by atomic mass is 10.1. The van der Waals surface area contributed by atoms with E-state index in [4.69, 9.17) is 0 Å². The molecule has 4 rings (SSSR count). The molecule has 0 saturated carbocycles. The van der Waals surface area contributed by atoms with Crippen LogP contribution >= 0.6 is 0 Å². The van der Waals surface area contributed by atoms with Gasteiger partial charge >= 0.3 is 0 Å². The van der Waals surface area contributed by atoms with Gasteiger partial charge in [0.1, 0.15) is 12.4 Å². The molecule has 0 radical (unpaired) electrons. The average molecular weight is 381 g/mol. The maximum atomic E-state index is 12.7. The normalized spacial score (nSPS) is 18.6. The zero-order valence-corrected chi connectivity index (χ0v) is 16.3. The molecule has 0 bridgehead atoms. The first-order valence-electron chi connectivity index (χ1n) is 9.93. The maximum Gasteiger partial charge on any atom is 0.242 e. The number of carbonyl (C=O) groups is 1. The van der Waals surface area contributed by atoms with Crippen LogP contribution in [0.4, 0.5) is 11.8 Å². The fourth-order valence-electron chi connectivity index (χ4n) is 3.72. The third kappa shape index (κ3) is 4.25. The van der Waals surface area contributed by atoms with Gasteiger partial charge in [0, 0.05) is 38.9 Å². The predicted molar refractivity (Wildman–Crippen MR) is 108 cm³/mol. The molecule has 0 unspecified atom stereocenters. The quantitative estimate of drug-likeness (QED) is 0.867. The largest absolute Gasteiger partial charge is 0.393 e. The van der Waals surface area contributed by atoms with Crippen molar-refractivity contribution in [2.24, 2.45) is 0 Å². The highest BCUT2D eigenvalue weighted by Crippen LogP contribution is 2.21. The fourth-order valence-corrected chi connectivity index (χ4v) is 3.72. The second-order valence-corrected chi connectivity index (χ2v) is 7.66. The molecule has 0 atom stereocenters. The minimum Gasteiger partial charge on any atom is -0.393 e. The molecule has 0 aliphatic carbocycles. The molecule has 1 amide bonds. The Morgan fingerprint density at radius 3 is 2.50 bits per heavy atom. The van der Waals surface area contributed by atoms with Crippen molar-refractivity contribution in [2.75, 3.05) is 42.5 Å². The summed E-state index contributed by atoms with van der Waals surface area (Å²) >= 11 is 0. The summed E-state index contributed by atoms with van der Waals surface area (Å²) < 4.78 is 0. The van der Waals surface area contributed by atoms with E-state index in [0.717, 1.165) is 43.9 Å². The summed E-state index contributed by atoms with van der Waals surface area (Å²) in [6.07, 6.45) is 3.06. The highest BCUT2D eigenvalue weighted by atomic mass is 16.3. The molecular formula is C21H27N5O2. The number of aliphatic hydroxyl groups is 1. The summed E-state index contributed by atoms with van der Waals surface area (Å²) in [5, 5.41) is 9.70. The number of aryl methyl sites for hydroxylation is 1. The first-order valence-corrected chi connectivity index (χ1v) is 9.93. The van der Waals surface area contributed by atoms with E-state index in [-0.39, 0.29) is 12.0 Å². The van der Waals surface area contributed by atoms with Crippen molar-refractivity contribution in [1.29, 1.82) is 0 Å². The summed E-state index contributed by atoms with van der Waals surface area (Å²) in [5.74, 6) is 1.57. The number of hydrogen-bond donors (Lipinski definition) is 1. The number of rotatable bonds is 4. The summed E-state index contributed by atoms with van der Waals surface area (Å²) in [5.41, 5.74) is 2.37. The number of piperidine rings is 1. The number of aliphatic hydroxyl groups excluding tert-OH is 1. The first kappa shape index (κ1) is 18.7. The van der Waals surface area contributed by atoms with Crippen LogP contribution < -0.4 is 9.80 Å². The van der Waals surface area contributed by atoms with Gasteiger partial charge in [-0.3, -0.25) is 4.79 Å². The minimum atomic E-state index is -0.211. The lowest BCUT2D eigenvalue weighted by Gasteiger charge is -2.35. The topological polar surface area (TPSA) is 72.8 Å². The molecule has 7 heteroatoms. The van der Waals surface area contributed by atoms with E-state index in [0.29, 0.717) is 25.6 Å². The van der Waals surface area contributed by atoms with E-state index in [9.17, 15) is 9.90 Å². The standard InChI is InChI=1S/C21H27N5O2/c1-16-2-4-17(5-3-16)14-25-12-13-26(15-20(25)28)21-22-9-6-19(23-21)24-10-7-18(27)8-11-24/h2-6,9,18,27H,7-8,10-15H2,1H3. The molecule has 2 fully saturated rings. The van der Waals surface area contributed by atoms with Crippen molar-refractivity contribution in [2.45, 2.75) is 32.4 Å². The van der Waals surface area contributed by atoms with Gasteiger partial charge < -0.3 is 19.8 Å². The van der Waals surface area contributed by atoms with Gasteiger partial charge in [-0.05, 0) is 31.4 Å². The van der Waals surface area contributed by atoms with Crippen molar-refractivity contribution in [3.8, 4) is 0 Å². The number of anilines is 2. The molecule has 7 nitrogen and oxygen atoms in total. The molecule has 1 aromatic heterocycles. The molecule has 3 heterocycles. The summed E-state index contributed by atoms with van der Waals surface area (Å²) in [7, 11) is 0. The minimum absolute atomic E-state index is 0.0990. The second-order valence-electron chi connectivity index (χ2n) is 7.66. The lowest BCUT2D eigenvalue weighted by molar-refractivity contribution is -0.131. The highest BCUT2D eigenvalue weighted by Gasteiger charge is 2.26. The predicted octanol–water partition coefficient (Wildman–Crippen LogP) is 1.59. The van der Waals surface area contributed by atoms with Gasteiger partial charge in [0.15, 0.2) is 0 Å². The Morgan fingerprint density at radius 2 is 1.79 bits per heavy atom. The lowest BCUT2D eigenvalue weighted by Crippen LogP contribution is -2.50. The second kappa shape index (κ2) is 8.14. The Balaban J connectivity index is 1.39. The van der Waals surface area contributed by atoms with Crippen molar-refractivity contribution in [3.05, 3.63) is 47.7 Å². The van der Waals surface area contributed by atoms with Crippen LogP contribution in [0, 0.1) is 6.92 Å². The number of hydrogen-bond acceptors (Lipinski definition) is 6. The van der Waals surface area contributed by atoms with Gasteiger partial charge in [-0.25, -0.2) is 4.98 Å². The van der Waals surface area contributed by atoms with E-state index < -0.39 is 0 Å². The van der Waals surface area contributed by atoms with Crippen molar-refractivity contribution in [3.63, 3.8) is 0 Å². The molecule has 2 saturated heterocycles. The Labute approximate surface area is 165 Å². The van der Waals surface area contributed by atoms with Crippen LogP contribution in [0.1, 0.15) is 24.0 Å². The number of aromatic nitrogens is 2. The zero-order valence-electron chi connectivity index (χ0n) is 16.3. The fraction of sp³-hybridized carbons (Fsp3) is 0.476. The van der Waals surface area contributed by atoms with Crippen LogP contribution in [0.5, 0.6) is 0 Å². The van der Waals surface area contributed by atoms with Gasteiger partial charge in [0.2, 0.25) is 11.9 Å². The van der Waals surface area contributed by atoms with Gasteiger partial charge in [-0.1, -0.05) is 29.8 Å². The maximum absolute atomic E-state index is 12.7. The molecule has 2 aliphatic rings. The summed E-state index contributed by atoms with van der Waals surface area (Å²) in [6, 6.07) is 10.2. The molecule has 0 spiro atoms. The number of nitrogens with zero attached hydrogens (tertiary/aromatic N) is 5. The van der Waals surface area contributed by atoms with E-state index in [2.05, 4.69) is 46.1 Å². The SMILES string of the molecule is Cc1ccc(CN2CCN(c3nccc(N4CCC(O)CC4)n3)CC2=O)cc1. The van der Waals surface area contributed by atoms with Gasteiger partial charge in [0.05, 0.1) is 6.10 Å². The smallest absolute Gasteiger partial charge is 0.242 e. The summed E-state index contributed by atoms with van der Waals surface area (Å²) in [4.78, 5) is 27.8. The molecule has 28 heavy (non-hydrogen) atoms. The van der Waals surface area contributed by atoms with E-state index >= 15 is 0 Å². The van der Waals surface area contributed by atoms with Crippen LogP contribution in [0.25, 0.3) is 0 Å². The van der Waals surface area contributed by atoms with E-state index in [1.54, 1.807) is 6.20 Å². The molecule has 148 valence electrons. The first-order chi connectivity index (χ1) is 13.6. The average Bonchev–Trinajstić information content (AvgIpc) is 2.72. The van der Waals surface area contributed by atoms with E-state index in [1.807, 2.05) is 15.9 Å². The number of benzene rings is 1. The molecule has 2 aliphatic heterocycles. The van der Waals surface area contributed by atoms with Gasteiger partial charge in [-0.15, -0.1) is 0 Å². The molecule has 1 aromatic carbocycles. The van der Waals surface area contributed by atoms with Gasteiger partial charge in [-0.2, -0.15) is 4.98 Å². The Kier molecular flexibility index (Phi) is 5.43. The van der Waals surface area contributed by atoms with Crippen LogP contribution in [0.15, 0.2) is 36.5 Å². The monoisotopic (exact) mass is 381 g/mol. The van der Waals surface area contributed by atoms with Crippen LogP contribution in [0.2, 0.25) is 0 Å². The Morgan fingerprint density at radius 1 is 1.04 bits per heavy atom. The third-order valence-corrected chi connectivity index (χ3v) is 5.51. The van der Waals surface area contributed by atoms with Crippen molar-refractivity contribution >= 4 is 17.7 Å².